The number of aryl methyl sites for hydroxylation is 1. The van der Waals surface area contributed by atoms with Crippen LogP contribution in [0.1, 0.15) is 18.4 Å². The zero-order valence-electron chi connectivity index (χ0n) is 12.5. The predicted molar refractivity (Wildman–Crippen MR) is 103 cm³/mol. The SMILES string of the molecule is Cc1cc(F)cc(I)c1OCCCCOc1ccc(F)cc1I. The van der Waals surface area contributed by atoms with Gasteiger partial charge in [-0.1, -0.05) is 0 Å². The molecule has 0 radical (unpaired) electrons. The van der Waals surface area contributed by atoms with Gasteiger partial charge in [-0.25, -0.2) is 8.78 Å². The van der Waals surface area contributed by atoms with Crippen molar-refractivity contribution in [3.05, 3.63) is 54.7 Å². The van der Waals surface area contributed by atoms with Crippen molar-refractivity contribution in [3.8, 4) is 11.5 Å². The number of rotatable bonds is 7. The summed E-state index contributed by atoms with van der Waals surface area (Å²) in [7, 11) is 0. The van der Waals surface area contributed by atoms with Crippen LogP contribution in [0, 0.1) is 25.7 Å². The molecule has 0 heterocycles. The minimum atomic E-state index is -0.264. The van der Waals surface area contributed by atoms with E-state index in [4.69, 9.17) is 9.47 Å². The van der Waals surface area contributed by atoms with Crippen molar-refractivity contribution < 1.29 is 18.3 Å². The van der Waals surface area contributed by atoms with Gasteiger partial charge in [0, 0.05) is 0 Å². The minimum absolute atomic E-state index is 0.249. The van der Waals surface area contributed by atoms with Crippen LogP contribution in [0.5, 0.6) is 11.5 Å². The lowest BCUT2D eigenvalue weighted by Gasteiger charge is -2.12. The van der Waals surface area contributed by atoms with Gasteiger partial charge in [0.15, 0.2) is 0 Å². The third-order valence-electron chi connectivity index (χ3n) is 3.13. The van der Waals surface area contributed by atoms with E-state index in [-0.39, 0.29) is 11.6 Å². The molecule has 2 aromatic rings. The molecule has 2 aromatic carbocycles. The van der Waals surface area contributed by atoms with E-state index in [1.54, 1.807) is 6.07 Å². The van der Waals surface area contributed by atoms with Crippen LogP contribution >= 0.6 is 45.2 Å². The molecule has 0 aromatic heterocycles. The van der Waals surface area contributed by atoms with E-state index >= 15 is 0 Å². The lowest BCUT2D eigenvalue weighted by molar-refractivity contribution is 0.263. The van der Waals surface area contributed by atoms with E-state index in [1.807, 2.05) is 6.92 Å². The van der Waals surface area contributed by atoms with Crippen LogP contribution in [-0.4, -0.2) is 13.2 Å². The zero-order valence-corrected chi connectivity index (χ0v) is 16.9. The van der Waals surface area contributed by atoms with Gasteiger partial charge in [-0.3, -0.25) is 0 Å². The van der Waals surface area contributed by atoms with Crippen molar-refractivity contribution in [1.82, 2.24) is 0 Å². The predicted octanol–water partition coefficient (Wildman–Crippen LogP) is 5.72. The molecule has 0 saturated carbocycles. The second kappa shape index (κ2) is 9.00. The molecule has 2 nitrogen and oxygen atoms in total. The van der Waals surface area contributed by atoms with Crippen LogP contribution in [0.15, 0.2) is 30.3 Å². The molecule has 0 aliphatic heterocycles. The summed E-state index contributed by atoms with van der Waals surface area (Å²) in [4.78, 5) is 0. The number of unbranched alkanes of at least 4 members (excludes halogenated alkanes) is 1. The molecule has 0 saturated heterocycles. The van der Waals surface area contributed by atoms with Crippen LogP contribution in [0.25, 0.3) is 0 Å². The van der Waals surface area contributed by atoms with Gasteiger partial charge in [0.2, 0.25) is 0 Å². The lowest BCUT2D eigenvalue weighted by Crippen LogP contribution is -2.05. The molecule has 6 heteroatoms. The van der Waals surface area contributed by atoms with Crippen molar-refractivity contribution in [2.24, 2.45) is 0 Å². The first-order valence-electron chi connectivity index (χ1n) is 7.13. The Bertz CT molecular complexity index is 655. The van der Waals surface area contributed by atoms with Crippen molar-refractivity contribution in [2.75, 3.05) is 13.2 Å². The number of halogens is 4. The Morgan fingerprint density at radius 2 is 1.52 bits per heavy atom. The topological polar surface area (TPSA) is 18.5 Å². The Labute approximate surface area is 161 Å². The molecule has 2 rings (SSSR count). The fourth-order valence-corrected chi connectivity index (χ4v) is 3.54. The van der Waals surface area contributed by atoms with Gasteiger partial charge >= 0.3 is 0 Å². The Balaban J connectivity index is 1.72. The summed E-state index contributed by atoms with van der Waals surface area (Å²) >= 11 is 4.12. The number of hydrogen-bond donors (Lipinski definition) is 0. The normalized spacial score (nSPS) is 10.7. The monoisotopic (exact) mass is 544 g/mol. The van der Waals surface area contributed by atoms with Gasteiger partial charge in [-0.2, -0.15) is 0 Å². The van der Waals surface area contributed by atoms with E-state index in [0.29, 0.717) is 19.0 Å². The van der Waals surface area contributed by atoms with Gasteiger partial charge in [0.1, 0.15) is 23.1 Å². The standard InChI is InChI=1S/C17H16F2I2O2/c1-11-8-13(19)10-15(21)17(11)23-7-3-2-6-22-16-5-4-12(18)9-14(16)20/h4-5,8-10H,2-3,6-7H2,1H3. The molecule has 0 spiro atoms. The van der Waals surface area contributed by atoms with Gasteiger partial charge < -0.3 is 9.47 Å². The minimum Gasteiger partial charge on any atom is -0.492 e. The molecule has 0 atom stereocenters. The summed E-state index contributed by atoms with van der Waals surface area (Å²) in [6.07, 6.45) is 1.65. The summed E-state index contributed by atoms with van der Waals surface area (Å²) < 4.78 is 39.1. The van der Waals surface area contributed by atoms with Crippen molar-refractivity contribution >= 4 is 45.2 Å². The number of hydrogen-bond acceptors (Lipinski definition) is 2. The maximum Gasteiger partial charge on any atom is 0.135 e. The molecule has 0 aliphatic rings. The smallest absolute Gasteiger partial charge is 0.135 e. The molecule has 0 N–H and O–H groups in total. The molecular weight excluding hydrogens is 528 g/mol. The summed E-state index contributed by atoms with van der Waals surface area (Å²) in [5, 5.41) is 0. The Kier molecular flexibility index (Phi) is 7.32. The highest BCUT2D eigenvalue weighted by Crippen LogP contribution is 2.26. The van der Waals surface area contributed by atoms with Crippen LogP contribution in [0.2, 0.25) is 0 Å². The Morgan fingerprint density at radius 3 is 2.17 bits per heavy atom. The molecule has 0 fully saturated rings. The molecule has 0 aliphatic carbocycles. The summed E-state index contributed by atoms with van der Waals surface area (Å²) in [5.74, 6) is 0.916. The van der Waals surface area contributed by atoms with Crippen LogP contribution in [-0.2, 0) is 0 Å². The first kappa shape index (κ1) is 18.7. The van der Waals surface area contributed by atoms with Crippen LogP contribution < -0.4 is 9.47 Å². The van der Waals surface area contributed by atoms with Crippen LogP contribution in [0.3, 0.4) is 0 Å². The largest absolute Gasteiger partial charge is 0.492 e. The van der Waals surface area contributed by atoms with Gasteiger partial charge in [-0.05, 0) is 101 Å². The van der Waals surface area contributed by atoms with Gasteiger partial charge in [-0.15, -0.1) is 0 Å². The highest BCUT2D eigenvalue weighted by Gasteiger charge is 2.07. The Hall–Kier alpha value is -0.640. The second-order valence-corrected chi connectivity index (χ2v) is 7.34. The zero-order chi connectivity index (χ0) is 16.8. The summed E-state index contributed by atoms with van der Waals surface area (Å²) in [6.45, 7) is 2.93. The van der Waals surface area contributed by atoms with Gasteiger partial charge in [0.05, 0.1) is 20.4 Å². The van der Waals surface area contributed by atoms with E-state index < -0.39 is 0 Å². The molecule has 124 valence electrons. The molecule has 0 amide bonds. The molecular formula is C17H16F2I2O2. The maximum atomic E-state index is 13.2. The maximum absolute atomic E-state index is 13.2. The number of ether oxygens (including phenoxy) is 2. The summed E-state index contributed by atoms with van der Waals surface area (Å²) in [6, 6.07) is 7.40. The average Bonchev–Trinajstić information content (AvgIpc) is 2.46. The third kappa shape index (κ3) is 5.74. The molecule has 23 heavy (non-hydrogen) atoms. The highest BCUT2D eigenvalue weighted by molar-refractivity contribution is 14.1. The van der Waals surface area contributed by atoms with E-state index in [1.165, 1.54) is 24.3 Å². The van der Waals surface area contributed by atoms with E-state index in [0.717, 1.165) is 31.3 Å². The fourth-order valence-electron chi connectivity index (χ4n) is 2.02. The molecule has 0 bridgehead atoms. The van der Waals surface area contributed by atoms with Crippen molar-refractivity contribution in [3.63, 3.8) is 0 Å². The quantitative estimate of drug-likeness (QED) is 0.328. The van der Waals surface area contributed by atoms with Crippen molar-refractivity contribution in [2.45, 2.75) is 19.8 Å². The van der Waals surface area contributed by atoms with E-state index in [2.05, 4.69) is 45.2 Å². The highest BCUT2D eigenvalue weighted by atomic mass is 127. The second-order valence-electron chi connectivity index (χ2n) is 5.01. The van der Waals surface area contributed by atoms with E-state index in [9.17, 15) is 8.78 Å². The summed E-state index contributed by atoms with van der Waals surface area (Å²) in [5.41, 5.74) is 0.798. The first-order valence-corrected chi connectivity index (χ1v) is 9.29. The average molecular weight is 544 g/mol. The molecule has 0 unspecified atom stereocenters. The lowest BCUT2D eigenvalue weighted by atomic mass is 10.2. The number of benzene rings is 2. The Morgan fingerprint density at radius 1 is 0.870 bits per heavy atom. The fraction of sp³-hybridized carbons (Fsp3) is 0.294. The third-order valence-corrected chi connectivity index (χ3v) is 4.77. The first-order chi connectivity index (χ1) is 11.0. The van der Waals surface area contributed by atoms with Crippen LogP contribution in [0.4, 0.5) is 8.78 Å². The van der Waals surface area contributed by atoms with Crippen molar-refractivity contribution in [1.29, 1.82) is 0 Å². The van der Waals surface area contributed by atoms with Gasteiger partial charge in [0.25, 0.3) is 0 Å².